The zero-order chi connectivity index (χ0) is 16.1. The normalized spacial score (nSPS) is 21.3. The molecule has 1 N–H and O–H groups in total. The quantitative estimate of drug-likeness (QED) is 0.859. The fourth-order valence-electron chi connectivity index (χ4n) is 3.30. The smallest absolute Gasteiger partial charge is 0.252 e. The van der Waals surface area contributed by atoms with Gasteiger partial charge in [-0.05, 0) is 37.0 Å². The first kappa shape index (κ1) is 15.9. The standard InChI is InChI=1S/C19H24N2O2/c1-14-6-2-3-10-18(14)23-13-12-21-19(22)16-7-4-9-17-15(16)8-5-11-20-17/h4-5,7-9,11,14,18H,2-3,6,10,12-13H2,1H3,(H,21,22)/t14-,18-/m0/s1. The monoisotopic (exact) mass is 312 g/mol. The van der Waals surface area contributed by atoms with Crippen molar-refractivity contribution in [1.82, 2.24) is 10.3 Å². The molecule has 0 radical (unpaired) electrons. The van der Waals surface area contributed by atoms with Crippen LogP contribution in [0.1, 0.15) is 43.0 Å². The molecule has 1 aromatic heterocycles. The van der Waals surface area contributed by atoms with E-state index in [1.54, 1.807) is 6.20 Å². The maximum Gasteiger partial charge on any atom is 0.252 e. The summed E-state index contributed by atoms with van der Waals surface area (Å²) in [5.74, 6) is 0.562. The number of benzene rings is 1. The fraction of sp³-hybridized carbons (Fsp3) is 0.474. The minimum absolute atomic E-state index is 0.0658. The number of hydrogen-bond acceptors (Lipinski definition) is 3. The fourth-order valence-corrected chi connectivity index (χ4v) is 3.30. The number of carbonyl (C=O) groups is 1. The molecule has 1 amide bonds. The van der Waals surface area contributed by atoms with E-state index in [1.807, 2.05) is 30.3 Å². The second-order valence-corrected chi connectivity index (χ2v) is 6.30. The highest BCUT2D eigenvalue weighted by atomic mass is 16.5. The van der Waals surface area contributed by atoms with Crippen LogP contribution in [0.3, 0.4) is 0 Å². The van der Waals surface area contributed by atoms with E-state index in [0.29, 0.717) is 30.7 Å². The predicted molar refractivity (Wildman–Crippen MR) is 91.4 cm³/mol. The highest BCUT2D eigenvalue weighted by Gasteiger charge is 2.21. The minimum atomic E-state index is -0.0658. The molecule has 23 heavy (non-hydrogen) atoms. The largest absolute Gasteiger partial charge is 0.376 e. The van der Waals surface area contributed by atoms with Crippen molar-refractivity contribution in [2.75, 3.05) is 13.2 Å². The number of rotatable bonds is 5. The molecule has 1 aliphatic carbocycles. The Labute approximate surface area is 137 Å². The van der Waals surface area contributed by atoms with Crippen LogP contribution in [0, 0.1) is 5.92 Å². The molecule has 1 fully saturated rings. The van der Waals surface area contributed by atoms with Crippen molar-refractivity contribution in [1.29, 1.82) is 0 Å². The van der Waals surface area contributed by atoms with Crippen LogP contribution < -0.4 is 5.32 Å². The molecule has 3 rings (SSSR count). The van der Waals surface area contributed by atoms with E-state index in [4.69, 9.17) is 4.74 Å². The van der Waals surface area contributed by atoms with Crippen molar-refractivity contribution in [3.8, 4) is 0 Å². The first-order valence-electron chi connectivity index (χ1n) is 8.49. The lowest BCUT2D eigenvalue weighted by Crippen LogP contribution is -2.31. The van der Waals surface area contributed by atoms with Gasteiger partial charge in [0.1, 0.15) is 0 Å². The van der Waals surface area contributed by atoms with Crippen molar-refractivity contribution < 1.29 is 9.53 Å². The Hall–Kier alpha value is -1.94. The number of amides is 1. The molecule has 0 spiro atoms. The van der Waals surface area contributed by atoms with Crippen molar-refractivity contribution in [2.45, 2.75) is 38.7 Å². The number of hydrogen-bond donors (Lipinski definition) is 1. The lowest BCUT2D eigenvalue weighted by molar-refractivity contribution is -0.00293. The molecule has 0 saturated heterocycles. The maximum absolute atomic E-state index is 12.4. The summed E-state index contributed by atoms with van der Waals surface area (Å²) < 4.78 is 5.94. The van der Waals surface area contributed by atoms with Crippen molar-refractivity contribution in [3.63, 3.8) is 0 Å². The van der Waals surface area contributed by atoms with Gasteiger partial charge < -0.3 is 10.1 Å². The maximum atomic E-state index is 12.4. The highest BCUT2D eigenvalue weighted by molar-refractivity contribution is 6.06. The summed E-state index contributed by atoms with van der Waals surface area (Å²) in [7, 11) is 0. The first-order valence-corrected chi connectivity index (χ1v) is 8.49. The Kier molecular flexibility index (Phi) is 5.23. The molecule has 2 atom stereocenters. The van der Waals surface area contributed by atoms with Gasteiger partial charge in [-0.3, -0.25) is 9.78 Å². The summed E-state index contributed by atoms with van der Waals surface area (Å²) in [6, 6.07) is 9.40. The molecule has 1 heterocycles. The summed E-state index contributed by atoms with van der Waals surface area (Å²) in [6.07, 6.45) is 7.05. The predicted octanol–water partition coefficient (Wildman–Crippen LogP) is 3.56. The highest BCUT2D eigenvalue weighted by Crippen LogP contribution is 2.26. The molecule has 122 valence electrons. The zero-order valence-electron chi connectivity index (χ0n) is 13.6. The summed E-state index contributed by atoms with van der Waals surface area (Å²) in [4.78, 5) is 16.7. The Balaban J connectivity index is 1.53. The van der Waals surface area contributed by atoms with E-state index in [9.17, 15) is 4.79 Å². The Morgan fingerprint density at radius 3 is 3.00 bits per heavy atom. The summed E-state index contributed by atoms with van der Waals surface area (Å²) in [5.41, 5.74) is 1.51. The van der Waals surface area contributed by atoms with E-state index in [-0.39, 0.29) is 5.91 Å². The van der Waals surface area contributed by atoms with Gasteiger partial charge in [0, 0.05) is 23.7 Å². The second kappa shape index (κ2) is 7.55. The minimum Gasteiger partial charge on any atom is -0.376 e. The van der Waals surface area contributed by atoms with E-state index < -0.39 is 0 Å². The molecule has 1 saturated carbocycles. The van der Waals surface area contributed by atoms with Crippen LogP contribution in [0.4, 0.5) is 0 Å². The molecule has 1 aromatic carbocycles. The van der Waals surface area contributed by atoms with Crippen LogP contribution in [0.2, 0.25) is 0 Å². The van der Waals surface area contributed by atoms with Crippen molar-refractivity contribution >= 4 is 16.8 Å². The molecule has 4 nitrogen and oxygen atoms in total. The van der Waals surface area contributed by atoms with Gasteiger partial charge >= 0.3 is 0 Å². The summed E-state index contributed by atoms with van der Waals surface area (Å²) in [6.45, 7) is 3.37. The number of carbonyl (C=O) groups excluding carboxylic acids is 1. The van der Waals surface area contributed by atoms with Crippen molar-refractivity contribution in [3.05, 3.63) is 42.1 Å². The van der Waals surface area contributed by atoms with Crippen LogP contribution in [0.5, 0.6) is 0 Å². The Morgan fingerprint density at radius 2 is 2.13 bits per heavy atom. The third-order valence-electron chi connectivity index (χ3n) is 4.64. The zero-order valence-corrected chi connectivity index (χ0v) is 13.6. The number of nitrogens with one attached hydrogen (secondary N) is 1. The van der Waals surface area contributed by atoms with Gasteiger partial charge in [-0.25, -0.2) is 0 Å². The van der Waals surface area contributed by atoms with E-state index in [1.165, 1.54) is 19.3 Å². The van der Waals surface area contributed by atoms with Crippen LogP contribution in [0.25, 0.3) is 10.9 Å². The van der Waals surface area contributed by atoms with Crippen LogP contribution >= 0.6 is 0 Å². The van der Waals surface area contributed by atoms with E-state index >= 15 is 0 Å². The van der Waals surface area contributed by atoms with Crippen LogP contribution in [-0.4, -0.2) is 30.1 Å². The SMILES string of the molecule is C[C@H]1CCCC[C@@H]1OCCNC(=O)c1cccc2ncccc12. The number of aromatic nitrogens is 1. The van der Waals surface area contributed by atoms with E-state index in [2.05, 4.69) is 17.2 Å². The third kappa shape index (κ3) is 3.88. The van der Waals surface area contributed by atoms with Gasteiger partial charge in [0.05, 0.1) is 18.2 Å². The topological polar surface area (TPSA) is 51.2 Å². The molecular weight excluding hydrogens is 288 g/mol. The average Bonchev–Trinajstić information content (AvgIpc) is 2.59. The number of pyridine rings is 1. The molecule has 1 aliphatic rings. The Bertz CT molecular complexity index is 666. The average molecular weight is 312 g/mol. The second-order valence-electron chi connectivity index (χ2n) is 6.30. The summed E-state index contributed by atoms with van der Waals surface area (Å²) in [5, 5.41) is 3.84. The third-order valence-corrected chi connectivity index (χ3v) is 4.64. The number of ether oxygens (including phenoxy) is 1. The first-order chi connectivity index (χ1) is 11.3. The van der Waals surface area contributed by atoms with Gasteiger partial charge in [0.15, 0.2) is 0 Å². The van der Waals surface area contributed by atoms with Crippen LogP contribution in [-0.2, 0) is 4.74 Å². The number of nitrogens with zero attached hydrogens (tertiary/aromatic N) is 1. The van der Waals surface area contributed by atoms with Crippen LogP contribution in [0.15, 0.2) is 36.5 Å². The summed E-state index contributed by atoms with van der Waals surface area (Å²) >= 11 is 0. The van der Waals surface area contributed by atoms with Gasteiger partial charge in [0.25, 0.3) is 5.91 Å². The molecular formula is C19H24N2O2. The molecule has 4 heteroatoms. The molecule has 0 unspecified atom stereocenters. The molecule has 0 aliphatic heterocycles. The molecule has 0 bridgehead atoms. The van der Waals surface area contributed by atoms with Gasteiger partial charge in [-0.15, -0.1) is 0 Å². The van der Waals surface area contributed by atoms with Crippen molar-refractivity contribution in [2.24, 2.45) is 5.92 Å². The Morgan fingerprint density at radius 1 is 1.26 bits per heavy atom. The lowest BCUT2D eigenvalue weighted by atomic mass is 9.88. The van der Waals surface area contributed by atoms with Gasteiger partial charge in [0.2, 0.25) is 0 Å². The number of fused-ring (bicyclic) bond motifs is 1. The van der Waals surface area contributed by atoms with Gasteiger partial charge in [-0.1, -0.05) is 31.9 Å². The molecule has 2 aromatic rings. The van der Waals surface area contributed by atoms with E-state index in [0.717, 1.165) is 17.3 Å². The van der Waals surface area contributed by atoms with Gasteiger partial charge in [-0.2, -0.15) is 0 Å². The lowest BCUT2D eigenvalue weighted by Gasteiger charge is -2.28.